The number of rotatable bonds is 3. The first kappa shape index (κ1) is 14.9. The van der Waals surface area contributed by atoms with Crippen molar-refractivity contribution in [3.63, 3.8) is 0 Å². The predicted octanol–water partition coefficient (Wildman–Crippen LogP) is 2.56. The predicted molar refractivity (Wildman–Crippen MR) is 90.0 cm³/mol. The number of hydrogen-bond acceptors (Lipinski definition) is 3. The summed E-state index contributed by atoms with van der Waals surface area (Å²) in [5.41, 5.74) is 10.1. The lowest BCUT2D eigenvalue weighted by atomic mass is 10.0. The van der Waals surface area contributed by atoms with Crippen LogP contribution in [-0.4, -0.2) is 43.2 Å². The third kappa shape index (κ3) is 3.41. The molecule has 2 fully saturated rings. The molecular formula is C18H29N3. The Morgan fingerprint density at radius 3 is 2.81 bits per heavy atom. The molecule has 0 aromatic heterocycles. The van der Waals surface area contributed by atoms with Crippen molar-refractivity contribution in [3.05, 3.63) is 29.3 Å². The van der Waals surface area contributed by atoms with Crippen LogP contribution in [0.3, 0.4) is 0 Å². The van der Waals surface area contributed by atoms with Crippen molar-refractivity contribution in [3.8, 4) is 0 Å². The fraction of sp³-hybridized carbons (Fsp3) is 0.667. The summed E-state index contributed by atoms with van der Waals surface area (Å²) in [6, 6.07) is 7.92. The van der Waals surface area contributed by atoms with Gasteiger partial charge in [-0.25, -0.2) is 0 Å². The van der Waals surface area contributed by atoms with E-state index in [4.69, 9.17) is 5.73 Å². The van der Waals surface area contributed by atoms with E-state index in [0.717, 1.165) is 12.5 Å². The standard InChI is InChI=1S/C18H29N3/c1-14-11-16(12-15(2)19)6-7-18(14)21-10-4-9-20-8-3-5-17(20)13-21/h6-7,11,15,17H,3-5,8-10,12-13,19H2,1-2H3. The number of hydrogen-bond donors (Lipinski definition) is 1. The van der Waals surface area contributed by atoms with E-state index in [0.29, 0.717) is 0 Å². The molecule has 0 aliphatic carbocycles. The van der Waals surface area contributed by atoms with Gasteiger partial charge in [-0.1, -0.05) is 12.1 Å². The van der Waals surface area contributed by atoms with Crippen LogP contribution in [0.4, 0.5) is 5.69 Å². The van der Waals surface area contributed by atoms with Crippen LogP contribution < -0.4 is 10.6 Å². The molecule has 2 atom stereocenters. The summed E-state index contributed by atoms with van der Waals surface area (Å²) in [6.45, 7) is 9.31. The van der Waals surface area contributed by atoms with Crippen LogP contribution in [0.2, 0.25) is 0 Å². The van der Waals surface area contributed by atoms with Crippen molar-refractivity contribution in [2.45, 2.75) is 51.6 Å². The van der Waals surface area contributed by atoms with Crippen molar-refractivity contribution in [1.29, 1.82) is 0 Å². The second kappa shape index (κ2) is 6.37. The SMILES string of the molecule is Cc1cc(CC(C)N)ccc1N1CCCN2CCCC2C1. The Hall–Kier alpha value is -1.06. The van der Waals surface area contributed by atoms with E-state index in [-0.39, 0.29) is 6.04 Å². The first-order chi connectivity index (χ1) is 10.1. The van der Waals surface area contributed by atoms with E-state index in [2.05, 4.69) is 41.8 Å². The average molecular weight is 287 g/mol. The largest absolute Gasteiger partial charge is 0.370 e. The lowest BCUT2D eigenvalue weighted by Gasteiger charge is -2.29. The van der Waals surface area contributed by atoms with Crippen LogP contribution in [-0.2, 0) is 6.42 Å². The minimum atomic E-state index is 0.237. The molecule has 2 heterocycles. The summed E-state index contributed by atoms with van der Waals surface area (Å²) in [7, 11) is 0. The van der Waals surface area contributed by atoms with Crippen LogP contribution in [0, 0.1) is 6.92 Å². The fourth-order valence-electron chi connectivity index (χ4n) is 4.00. The molecule has 1 aromatic carbocycles. The number of benzene rings is 1. The first-order valence-electron chi connectivity index (χ1n) is 8.47. The Morgan fingerprint density at radius 2 is 2.05 bits per heavy atom. The first-order valence-corrected chi connectivity index (χ1v) is 8.47. The number of anilines is 1. The Balaban J connectivity index is 1.76. The minimum absolute atomic E-state index is 0.237. The van der Waals surface area contributed by atoms with E-state index in [1.807, 2.05) is 0 Å². The molecule has 2 aliphatic rings. The molecule has 0 spiro atoms. The second-order valence-electron chi connectivity index (χ2n) is 6.93. The third-order valence-corrected chi connectivity index (χ3v) is 4.96. The summed E-state index contributed by atoms with van der Waals surface area (Å²) < 4.78 is 0. The van der Waals surface area contributed by atoms with Crippen LogP contribution >= 0.6 is 0 Å². The van der Waals surface area contributed by atoms with Crippen LogP contribution in [0.1, 0.15) is 37.3 Å². The molecule has 0 saturated carbocycles. The lowest BCUT2D eigenvalue weighted by Crippen LogP contribution is -2.36. The Morgan fingerprint density at radius 1 is 1.24 bits per heavy atom. The van der Waals surface area contributed by atoms with Crippen LogP contribution in [0.5, 0.6) is 0 Å². The Labute approximate surface area is 129 Å². The van der Waals surface area contributed by atoms with Gasteiger partial charge in [0.05, 0.1) is 0 Å². The third-order valence-electron chi connectivity index (χ3n) is 4.96. The molecule has 2 unspecified atom stereocenters. The second-order valence-corrected chi connectivity index (χ2v) is 6.93. The van der Waals surface area contributed by atoms with Gasteiger partial charge in [0.2, 0.25) is 0 Å². The van der Waals surface area contributed by atoms with Gasteiger partial charge in [-0.15, -0.1) is 0 Å². The minimum Gasteiger partial charge on any atom is -0.370 e. The number of fused-ring (bicyclic) bond motifs is 1. The maximum Gasteiger partial charge on any atom is 0.0396 e. The number of aryl methyl sites for hydroxylation is 1. The van der Waals surface area contributed by atoms with Crippen LogP contribution in [0.25, 0.3) is 0 Å². The quantitative estimate of drug-likeness (QED) is 0.927. The van der Waals surface area contributed by atoms with Gasteiger partial charge >= 0.3 is 0 Å². The number of nitrogens with zero attached hydrogens (tertiary/aromatic N) is 2. The smallest absolute Gasteiger partial charge is 0.0396 e. The Bertz CT molecular complexity index is 483. The van der Waals surface area contributed by atoms with E-state index in [1.165, 1.54) is 62.3 Å². The van der Waals surface area contributed by atoms with E-state index in [1.54, 1.807) is 0 Å². The molecule has 0 amide bonds. The highest BCUT2D eigenvalue weighted by Crippen LogP contribution is 2.27. The highest BCUT2D eigenvalue weighted by Gasteiger charge is 2.29. The molecule has 3 nitrogen and oxygen atoms in total. The molecule has 3 rings (SSSR count). The van der Waals surface area contributed by atoms with Gasteiger partial charge in [0, 0.05) is 37.4 Å². The van der Waals surface area contributed by atoms with Gasteiger partial charge in [0.1, 0.15) is 0 Å². The summed E-state index contributed by atoms with van der Waals surface area (Å²) in [5.74, 6) is 0. The van der Waals surface area contributed by atoms with Crippen LogP contribution in [0.15, 0.2) is 18.2 Å². The lowest BCUT2D eigenvalue weighted by molar-refractivity contribution is 0.273. The van der Waals surface area contributed by atoms with Crippen molar-refractivity contribution >= 4 is 5.69 Å². The molecule has 3 heteroatoms. The highest BCUT2D eigenvalue weighted by molar-refractivity contribution is 5.55. The van der Waals surface area contributed by atoms with E-state index in [9.17, 15) is 0 Å². The van der Waals surface area contributed by atoms with Crippen molar-refractivity contribution < 1.29 is 0 Å². The Kier molecular flexibility index (Phi) is 4.51. The molecule has 2 N–H and O–H groups in total. The summed E-state index contributed by atoms with van der Waals surface area (Å²) in [4.78, 5) is 5.31. The van der Waals surface area contributed by atoms with Gasteiger partial charge in [0.25, 0.3) is 0 Å². The molecule has 0 radical (unpaired) electrons. The van der Waals surface area contributed by atoms with E-state index >= 15 is 0 Å². The monoisotopic (exact) mass is 287 g/mol. The van der Waals surface area contributed by atoms with Crippen molar-refractivity contribution in [1.82, 2.24) is 4.90 Å². The van der Waals surface area contributed by atoms with Crippen molar-refractivity contribution in [2.75, 3.05) is 31.1 Å². The summed E-state index contributed by atoms with van der Waals surface area (Å²) in [6.07, 6.45) is 5.01. The highest BCUT2D eigenvalue weighted by atomic mass is 15.3. The molecule has 2 saturated heterocycles. The summed E-state index contributed by atoms with van der Waals surface area (Å²) >= 11 is 0. The van der Waals surface area contributed by atoms with Crippen molar-refractivity contribution in [2.24, 2.45) is 5.73 Å². The zero-order chi connectivity index (χ0) is 14.8. The van der Waals surface area contributed by atoms with Gasteiger partial charge in [-0.05, 0) is 63.3 Å². The molecule has 2 aliphatic heterocycles. The molecule has 21 heavy (non-hydrogen) atoms. The van der Waals surface area contributed by atoms with Gasteiger partial charge in [-0.3, -0.25) is 4.90 Å². The summed E-state index contributed by atoms with van der Waals surface area (Å²) in [5, 5.41) is 0. The zero-order valence-electron chi connectivity index (χ0n) is 13.5. The van der Waals surface area contributed by atoms with Gasteiger partial charge < -0.3 is 10.6 Å². The zero-order valence-corrected chi connectivity index (χ0v) is 13.5. The molecule has 0 bridgehead atoms. The maximum absolute atomic E-state index is 5.92. The molecular weight excluding hydrogens is 258 g/mol. The van der Waals surface area contributed by atoms with Gasteiger partial charge in [-0.2, -0.15) is 0 Å². The normalized spacial score (nSPS) is 24.7. The fourth-order valence-corrected chi connectivity index (χ4v) is 4.00. The van der Waals surface area contributed by atoms with E-state index < -0.39 is 0 Å². The topological polar surface area (TPSA) is 32.5 Å². The maximum atomic E-state index is 5.92. The van der Waals surface area contributed by atoms with Gasteiger partial charge in [0.15, 0.2) is 0 Å². The average Bonchev–Trinajstić information content (AvgIpc) is 2.76. The molecule has 1 aromatic rings. The number of nitrogens with two attached hydrogens (primary N) is 1. The molecule has 116 valence electrons.